The first kappa shape index (κ1) is 24.0. The van der Waals surface area contributed by atoms with Gasteiger partial charge >= 0.3 is 7.60 Å². The van der Waals surface area contributed by atoms with Gasteiger partial charge in [-0.25, -0.2) is 0 Å². The van der Waals surface area contributed by atoms with Gasteiger partial charge in [-0.2, -0.15) is 0 Å². The van der Waals surface area contributed by atoms with E-state index in [0.29, 0.717) is 24.9 Å². The van der Waals surface area contributed by atoms with Crippen LogP contribution in [0.2, 0.25) is 0 Å². The average molecular weight is 447 g/mol. The Balaban J connectivity index is 1.37. The number of rotatable bonds is 6. The second kappa shape index (κ2) is 11.3. The lowest BCUT2D eigenvalue weighted by Gasteiger charge is -2.27. The lowest BCUT2D eigenvalue weighted by Crippen LogP contribution is -2.32. The molecule has 3 rings (SSSR count). The highest BCUT2D eigenvalue weighted by atomic mass is 31.2. The smallest absolute Gasteiger partial charge is 0.325 e. The SMILES string of the molecule is CP(=O)(O)OC1CCC(C#CC2CCC(C(=O)NCc3cccc(CN)c3)CC2)CC1. The summed E-state index contributed by atoms with van der Waals surface area (Å²) in [6.07, 6.45) is 7.00. The van der Waals surface area contributed by atoms with Crippen LogP contribution in [0.15, 0.2) is 24.3 Å². The third-order valence-electron chi connectivity index (χ3n) is 6.30. The lowest BCUT2D eigenvalue weighted by molar-refractivity contribution is -0.126. The number of hydrogen-bond acceptors (Lipinski definition) is 4. The molecule has 0 aromatic heterocycles. The van der Waals surface area contributed by atoms with Crippen LogP contribution in [0.25, 0.3) is 0 Å². The Morgan fingerprint density at radius 3 is 2.26 bits per heavy atom. The first-order valence-electron chi connectivity index (χ1n) is 11.4. The fourth-order valence-corrected chi connectivity index (χ4v) is 5.29. The Morgan fingerprint density at radius 1 is 1.10 bits per heavy atom. The van der Waals surface area contributed by atoms with Gasteiger partial charge in [0.15, 0.2) is 0 Å². The fraction of sp³-hybridized carbons (Fsp3) is 0.625. The van der Waals surface area contributed by atoms with E-state index < -0.39 is 7.60 Å². The Kier molecular flexibility index (Phi) is 8.75. The van der Waals surface area contributed by atoms with Gasteiger partial charge in [0.2, 0.25) is 5.91 Å². The Labute approximate surface area is 185 Å². The van der Waals surface area contributed by atoms with Crippen molar-refractivity contribution >= 4 is 13.5 Å². The van der Waals surface area contributed by atoms with Crippen molar-refractivity contribution in [2.24, 2.45) is 23.5 Å². The van der Waals surface area contributed by atoms with Gasteiger partial charge < -0.3 is 20.5 Å². The number of carbonyl (C=O) groups is 1. The van der Waals surface area contributed by atoms with E-state index in [0.717, 1.165) is 62.5 Å². The van der Waals surface area contributed by atoms with E-state index in [1.54, 1.807) is 0 Å². The topological polar surface area (TPSA) is 102 Å². The summed E-state index contributed by atoms with van der Waals surface area (Å²) in [7, 11) is -3.41. The minimum absolute atomic E-state index is 0.0755. The summed E-state index contributed by atoms with van der Waals surface area (Å²) in [5.41, 5.74) is 7.84. The van der Waals surface area contributed by atoms with Crippen LogP contribution in [0.4, 0.5) is 0 Å². The zero-order chi connectivity index (χ0) is 22.3. The predicted molar refractivity (Wildman–Crippen MR) is 122 cm³/mol. The Morgan fingerprint density at radius 2 is 1.68 bits per heavy atom. The van der Waals surface area contributed by atoms with Crippen molar-refractivity contribution in [3.8, 4) is 11.8 Å². The van der Waals surface area contributed by atoms with Gasteiger partial charge in [0.1, 0.15) is 0 Å². The van der Waals surface area contributed by atoms with Gasteiger partial charge in [-0.1, -0.05) is 36.1 Å². The third kappa shape index (κ3) is 8.09. The molecule has 0 spiro atoms. The third-order valence-corrected chi connectivity index (χ3v) is 6.99. The van der Waals surface area contributed by atoms with E-state index in [2.05, 4.69) is 17.2 Å². The van der Waals surface area contributed by atoms with E-state index in [-0.39, 0.29) is 17.9 Å². The van der Waals surface area contributed by atoms with Crippen LogP contribution in [-0.4, -0.2) is 23.6 Å². The second-order valence-electron chi connectivity index (χ2n) is 8.96. The molecule has 1 amide bonds. The van der Waals surface area contributed by atoms with Crippen LogP contribution in [0.3, 0.4) is 0 Å². The normalized spacial score (nSPS) is 28.1. The zero-order valence-electron chi connectivity index (χ0n) is 18.4. The molecule has 2 aliphatic rings. The van der Waals surface area contributed by atoms with Gasteiger partial charge in [0.25, 0.3) is 0 Å². The number of nitrogens with two attached hydrogens (primary N) is 1. The fourth-order valence-electron chi connectivity index (χ4n) is 4.52. The molecule has 1 unspecified atom stereocenters. The Hall–Kier alpha value is -1.64. The molecule has 6 nitrogen and oxygen atoms in total. The summed E-state index contributed by atoms with van der Waals surface area (Å²) in [5.74, 6) is 7.80. The van der Waals surface area contributed by atoms with Crippen molar-refractivity contribution in [3.63, 3.8) is 0 Å². The summed E-state index contributed by atoms with van der Waals surface area (Å²) in [4.78, 5) is 21.9. The molecule has 31 heavy (non-hydrogen) atoms. The molecule has 1 aromatic rings. The highest BCUT2D eigenvalue weighted by Crippen LogP contribution is 2.42. The van der Waals surface area contributed by atoms with Gasteiger partial charge in [0.05, 0.1) is 6.10 Å². The molecule has 1 aromatic carbocycles. The van der Waals surface area contributed by atoms with Crippen LogP contribution in [0.5, 0.6) is 0 Å². The molecule has 7 heteroatoms. The van der Waals surface area contributed by atoms with Crippen molar-refractivity contribution in [2.75, 3.05) is 6.66 Å². The molecule has 170 valence electrons. The zero-order valence-corrected chi connectivity index (χ0v) is 19.3. The molecule has 0 heterocycles. The first-order chi connectivity index (χ1) is 14.8. The molecule has 2 saturated carbocycles. The molecule has 0 aliphatic heterocycles. The van der Waals surface area contributed by atoms with Gasteiger partial charge in [-0.15, -0.1) is 0 Å². The van der Waals surface area contributed by atoms with Crippen molar-refractivity contribution in [1.29, 1.82) is 0 Å². The van der Waals surface area contributed by atoms with Gasteiger partial charge in [-0.05, 0) is 62.5 Å². The van der Waals surface area contributed by atoms with Crippen LogP contribution in [0, 0.1) is 29.6 Å². The number of nitrogens with one attached hydrogen (secondary N) is 1. The molecular weight excluding hydrogens is 411 g/mol. The van der Waals surface area contributed by atoms with Crippen LogP contribution in [-0.2, 0) is 27.0 Å². The van der Waals surface area contributed by atoms with E-state index in [1.807, 2.05) is 24.3 Å². The largest absolute Gasteiger partial charge is 0.352 e. The van der Waals surface area contributed by atoms with Crippen molar-refractivity contribution < 1.29 is 18.8 Å². The predicted octanol–water partition coefficient (Wildman–Crippen LogP) is 3.96. The summed E-state index contributed by atoms with van der Waals surface area (Å²) in [6, 6.07) is 8.01. The highest BCUT2D eigenvalue weighted by Gasteiger charge is 2.27. The average Bonchev–Trinajstić information content (AvgIpc) is 2.76. The first-order valence-corrected chi connectivity index (χ1v) is 13.4. The number of hydrogen-bond donors (Lipinski definition) is 3. The molecule has 0 radical (unpaired) electrons. The Bertz CT molecular complexity index is 841. The molecule has 1 atom stereocenters. The van der Waals surface area contributed by atoms with E-state index in [4.69, 9.17) is 10.3 Å². The van der Waals surface area contributed by atoms with E-state index in [1.165, 1.54) is 6.66 Å². The molecule has 4 N–H and O–H groups in total. The maximum Gasteiger partial charge on any atom is 0.325 e. The summed E-state index contributed by atoms with van der Waals surface area (Å²) in [5, 5.41) is 3.07. The number of benzene rings is 1. The molecule has 0 saturated heterocycles. The maximum absolute atomic E-state index is 12.5. The minimum Gasteiger partial charge on any atom is -0.352 e. The quantitative estimate of drug-likeness (QED) is 0.454. The van der Waals surface area contributed by atoms with Gasteiger partial charge in [-0.3, -0.25) is 9.36 Å². The summed E-state index contributed by atoms with van der Waals surface area (Å²) < 4.78 is 16.6. The molecule has 2 fully saturated rings. The number of carbonyl (C=O) groups excluding carboxylic acids is 1. The highest BCUT2D eigenvalue weighted by molar-refractivity contribution is 7.51. The van der Waals surface area contributed by atoms with Crippen molar-refractivity contribution in [1.82, 2.24) is 5.32 Å². The molecule has 0 bridgehead atoms. The molecule has 2 aliphatic carbocycles. The van der Waals surface area contributed by atoms with Crippen molar-refractivity contribution in [2.45, 2.75) is 70.6 Å². The summed E-state index contributed by atoms with van der Waals surface area (Å²) in [6.45, 7) is 2.29. The maximum atomic E-state index is 12.5. The summed E-state index contributed by atoms with van der Waals surface area (Å²) >= 11 is 0. The second-order valence-corrected chi connectivity index (χ2v) is 10.8. The van der Waals surface area contributed by atoms with Crippen LogP contribution >= 0.6 is 7.60 Å². The lowest BCUT2D eigenvalue weighted by atomic mass is 9.81. The monoisotopic (exact) mass is 446 g/mol. The number of amides is 1. The minimum atomic E-state index is -3.41. The van der Waals surface area contributed by atoms with Crippen LogP contribution < -0.4 is 11.1 Å². The molecular formula is C24H35N2O4P. The van der Waals surface area contributed by atoms with E-state index in [9.17, 15) is 14.3 Å². The standard InChI is InChI=1S/C24H35N2O4P/c1-31(28,29)30-23-13-9-19(10-14-23)6-5-18-7-11-22(12-8-18)24(27)26-17-21-4-2-3-20(15-21)16-25/h2-4,15,18-19,22-23H,7-14,16-17,25H2,1H3,(H,26,27)(H,28,29). The van der Waals surface area contributed by atoms with Crippen molar-refractivity contribution in [3.05, 3.63) is 35.4 Å². The van der Waals surface area contributed by atoms with Gasteiger partial charge in [0, 0.05) is 37.5 Å². The van der Waals surface area contributed by atoms with Crippen LogP contribution in [0.1, 0.15) is 62.5 Å². The van der Waals surface area contributed by atoms with E-state index >= 15 is 0 Å².